The number of hydrogen-bond acceptors (Lipinski definition) is 3. The van der Waals surface area contributed by atoms with Crippen LogP contribution in [0.4, 0.5) is 4.39 Å². The van der Waals surface area contributed by atoms with E-state index in [9.17, 15) is 9.50 Å². The lowest BCUT2D eigenvalue weighted by atomic mass is 10.1. The Labute approximate surface area is 130 Å². The third kappa shape index (κ3) is 4.83. The number of ether oxygens (including phenoxy) is 1. The van der Waals surface area contributed by atoms with Crippen LogP contribution in [0.3, 0.4) is 0 Å². The first-order chi connectivity index (χ1) is 10.6. The maximum absolute atomic E-state index is 13.6. The summed E-state index contributed by atoms with van der Waals surface area (Å²) in [6.45, 7) is 4.84. The second kappa shape index (κ2) is 7.92. The first-order valence-electron chi connectivity index (χ1n) is 7.45. The molecule has 4 heteroatoms. The van der Waals surface area contributed by atoms with E-state index in [0.29, 0.717) is 12.1 Å². The molecule has 0 spiro atoms. The Morgan fingerprint density at radius 1 is 1.14 bits per heavy atom. The van der Waals surface area contributed by atoms with Crippen LogP contribution in [0.15, 0.2) is 48.5 Å². The fourth-order valence-electron chi connectivity index (χ4n) is 2.21. The van der Waals surface area contributed by atoms with Crippen molar-refractivity contribution in [2.24, 2.45) is 0 Å². The summed E-state index contributed by atoms with van der Waals surface area (Å²) in [5, 5.41) is 13.2. The summed E-state index contributed by atoms with van der Waals surface area (Å²) in [4.78, 5) is 0. The highest BCUT2D eigenvalue weighted by atomic mass is 19.1. The molecule has 118 valence electrons. The standard InChI is InChI=1S/C18H22FNO2/c1-13(2)22-15-7-5-6-14(10-15)11-20-12-18(21)16-8-3-4-9-17(16)19/h3-10,13,18,20-21H,11-12H2,1-2H3. The molecule has 2 aromatic carbocycles. The van der Waals surface area contributed by atoms with Gasteiger partial charge < -0.3 is 15.2 Å². The average Bonchev–Trinajstić information content (AvgIpc) is 2.47. The molecule has 0 aliphatic heterocycles. The van der Waals surface area contributed by atoms with Crippen LogP contribution in [0.2, 0.25) is 0 Å². The van der Waals surface area contributed by atoms with Gasteiger partial charge in [-0.25, -0.2) is 4.39 Å². The molecule has 0 amide bonds. The fourth-order valence-corrected chi connectivity index (χ4v) is 2.21. The van der Waals surface area contributed by atoms with Crippen molar-refractivity contribution >= 4 is 0 Å². The minimum atomic E-state index is -0.865. The van der Waals surface area contributed by atoms with Crippen LogP contribution < -0.4 is 10.1 Å². The van der Waals surface area contributed by atoms with E-state index in [2.05, 4.69) is 5.32 Å². The van der Waals surface area contributed by atoms with Gasteiger partial charge in [0.15, 0.2) is 0 Å². The number of rotatable bonds is 7. The number of aliphatic hydroxyl groups is 1. The van der Waals surface area contributed by atoms with Gasteiger partial charge in [-0.15, -0.1) is 0 Å². The Bertz CT molecular complexity index is 601. The van der Waals surface area contributed by atoms with E-state index >= 15 is 0 Å². The van der Waals surface area contributed by atoms with Gasteiger partial charge in [-0.2, -0.15) is 0 Å². The zero-order valence-corrected chi connectivity index (χ0v) is 12.9. The molecule has 2 rings (SSSR count). The van der Waals surface area contributed by atoms with Crippen LogP contribution in [0.25, 0.3) is 0 Å². The Morgan fingerprint density at radius 2 is 1.91 bits per heavy atom. The van der Waals surface area contributed by atoms with Crippen molar-refractivity contribution in [3.63, 3.8) is 0 Å². The summed E-state index contributed by atoms with van der Waals surface area (Å²) in [6, 6.07) is 14.1. The van der Waals surface area contributed by atoms with Crippen LogP contribution in [-0.2, 0) is 6.54 Å². The first kappa shape index (κ1) is 16.5. The highest BCUT2D eigenvalue weighted by Gasteiger charge is 2.11. The molecule has 0 bridgehead atoms. The molecule has 0 fully saturated rings. The second-order valence-electron chi connectivity index (χ2n) is 5.48. The molecule has 2 aromatic rings. The number of halogens is 1. The normalized spacial score (nSPS) is 12.4. The summed E-state index contributed by atoms with van der Waals surface area (Å²) in [6.07, 6.45) is -0.734. The molecule has 0 aromatic heterocycles. The molecule has 0 radical (unpaired) electrons. The van der Waals surface area contributed by atoms with Gasteiger partial charge in [-0.1, -0.05) is 30.3 Å². The van der Waals surface area contributed by atoms with Crippen molar-refractivity contribution in [1.29, 1.82) is 0 Å². The maximum Gasteiger partial charge on any atom is 0.129 e. The first-order valence-corrected chi connectivity index (χ1v) is 7.45. The van der Waals surface area contributed by atoms with Gasteiger partial charge in [0.25, 0.3) is 0 Å². The fraction of sp³-hybridized carbons (Fsp3) is 0.333. The average molecular weight is 303 g/mol. The molecule has 0 saturated carbocycles. The quantitative estimate of drug-likeness (QED) is 0.823. The molecule has 22 heavy (non-hydrogen) atoms. The van der Waals surface area contributed by atoms with Crippen molar-refractivity contribution in [3.05, 3.63) is 65.5 Å². The Kier molecular flexibility index (Phi) is 5.92. The van der Waals surface area contributed by atoms with Gasteiger partial charge >= 0.3 is 0 Å². The van der Waals surface area contributed by atoms with Gasteiger partial charge in [0.1, 0.15) is 11.6 Å². The van der Waals surface area contributed by atoms with E-state index < -0.39 is 6.10 Å². The minimum absolute atomic E-state index is 0.131. The summed E-state index contributed by atoms with van der Waals surface area (Å²) < 4.78 is 19.2. The van der Waals surface area contributed by atoms with E-state index in [-0.39, 0.29) is 18.5 Å². The van der Waals surface area contributed by atoms with E-state index in [4.69, 9.17) is 4.74 Å². The number of nitrogens with one attached hydrogen (secondary N) is 1. The molecule has 1 unspecified atom stereocenters. The Hall–Kier alpha value is -1.91. The van der Waals surface area contributed by atoms with Crippen molar-refractivity contribution in [2.75, 3.05) is 6.54 Å². The van der Waals surface area contributed by atoms with E-state index in [1.54, 1.807) is 18.2 Å². The molecular weight excluding hydrogens is 281 g/mol. The smallest absolute Gasteiger partial charge is 0.129 e. The minimum Gasteiger partial charge on any atom is -0.491 e. The predicted octanol–water partition coefficient (Wildman–Crippen LogP) is 3.44. The van der Waals surface area contributed by atoms with Crippen LogP contribution in [0.5, 0.6) is 5.75 Å². The molecule has 0 aliphatic carbocycles. The second-order valence-corrected chi connectivity index (χ2v) is 5.48. The zero-order valence-electron chi connectivity index (χ0n) is 12.9. The topological polar surface area (TPSA) is 41.5 Å². The van der Waals surface area contributed by atoms with Crippen molar-refractivity contribution < 1.29 is 14.2 Å². The van der Waals surface area contributed by atoms with Gasteiger partial charge in [0, 0.05) is 18.7 Å². The summed E-state index contributed by atoms with van der Waals surface area (Å²) in [7, 11) is 0. The lowest BCUT2D eigenvalue weighted by molar-refractivity contribution is 0.169. The largest absolute Gasteiger partial charge is 0.491 e. The zero-order chi connectivity index (χ0) is 15.9. The van der Waals surface area contributed by atoms with Gasteiger partial charge in [0.2, 0.25) is 0 Å². The van der Waals surface area contributed by atoms with Gasteiger partial charge in [-0.05, 0) is 37.6 Å². The molecule has 0 aliphatic rings. The molecular formula is C18H22FNO2. The predicted molar refractivity (Wildman–Crippen MR) is 85.3 cm³/mol. The van der Waals surface area contributed by atoms with Crippen LogP contribution in [0.1, 0.15) is 31.1 Å². The third-order valence-corrected chi connectivity index (χ3v) is 3.20. The summed E-state index contributed by atoms with van der Waals surface area (Å²) in [5.74, 6) is 0.438. The summed E-state index contributed by atoms with van der Waals surface area (Å²) in [5.41, 5.74) is 1.37. The number of aliphatic hydroxyl groups excluding tert-OH is 1. The highest BCUT2D eigenvalue weighted by molar-refractivity contribution is 5.28. The SMILES string of the molecule is CC(C)Oc1cccc(CNCC(O)c2ccccc2F)c1. The Balaban J connectivity index is 1.87. The van der Waals surface area contributed by atoms with Crippen LogP contribution >= 0.6 is 0 Å². The van der Waals surface area contributed by atoms with Crippen LogP contribution in [-0.4, -0.2) is 17.8 Å². The van der Waals surface area contributed by atoms with E-state index in [1.165, 1.54) is 6.07 Å². The highest BCUT2D eigenvalue weighted by Crippen LogP contribution is 2.17. The van der Waals surface area contributed by atoms with Crippen molar-refractivity contribution in [1.82, 2.24) is 5.32 Å². The van der Waals surface area contributed by atoms with Gasteiger partial charge in [-0.3, -0.25) is 0 Å². The lowest BCUT2D eigenvalue weighted by Crippen LogP contribution is -2.21. The third-order valence-electron chi connectivity index (χ3n) is 3.20. The van der Waals surface area contributed by atoms with E-state index in [0.717, 1.165) is 11.3 Å². The monoisotopic (exact) mass is 303 g/mol. The maximum atomic E-state index is 13.6. The molecule has 1 atom stereocenters. The molecule has 2 N–H and O–H groups in total. The van der Waals surface area contributed by atoms with Crippen LogP contribution in [0, 0.1) is 5.82 Å². The molecule has 0 saturated heterocycles. The number of benzene rings is 2. The summed E-state index contributed by atoms with van der Waals surface area (Å²) >= 11 is 0. The molecule has 0 heterocycles. The van der Waals surface area contributed by atoms with Crippen molar-refractivity contribution in [3.8, 4) is 5.75 Å². The van der Waals surface area contributed by atoms with Crippen molar-refractivity contribution in [2.45, 2.75) is 32.6 Å². The Morgan fingerprint density at radius 3 is 2.64 bits per heavy atom. The lowest BCUT2D eigenvalue weighted by Gasteiger charge is -2.14. The van der Waals surface area contributed by atoms with E-state index in [1.807, 2.05) is 38.1 Å². The molecule has 3 nitrogen and oxygen atoms in total. The van der Waals surface area contributed by atoms with Gasteiger partial charge in [0.05, 0.1) is 12.2 Å². The number of hydrogen-bond donors (Lipinski definition) is 2.